The van der Waals surface area contributed by atoms with Gasteiger partial charge in [-0.05, 0) is 31.0 Å². The first-order chi connectivity index (χ1) is 9.11. The molecule has 1 atom stereocenters. The molecular weight excluding hydrogens is 268 g/mol. The van der Waals surface area contributed by atoms with Gasteiger partial charge in [-0.3, -0.25) is 15.0 Å². The van der Waals surface area contributed by atoms with Crippen molar-refractivity contribution in [2.75, 3.05) is 6.54 Å². The van der Waals surface area contributed by atoms with Crippen LogP contribution in [0.5, 0.6) is 0 Å². The molecule has 0 bridgehead atoms. The summed E-state index contributed by atoms with van der Waals surface area (Å²) < 4.78 is 0. The van der Waals surface area contributed by atoms with Gasteiger partial charge in [-0.15, -0.1) is 0 Å². The molecule has 102 valence electrons. The van der Waals surface area contributed by atoms with Gasteiger partial charge in [0.15, 0.2) is 0 Å². The van der Waals surface area contributed by atoms with Crippen molar-refractivity contribution in [2.45, 2.75) is 31.8 Å². The molecule has 0 radical (unpaired) electrons. The molecule has 0 spiro atoms. The zero-order valence-corrected chi connectivity index (χ0v) is 11.2. The molecule has 0 aromatic heterocycles. The quantitative estimate of drug-likeness (QED) is 0.484. The second-order valence-electron chi connectivity index (χ2n) is 4.70. The third-order valence-corrected chi connectivity index (χ3v) is 3.79. The average molecular weight is 283 g/mol. The first kappa shape index (κ1) is 14.0. The van der Waals surface area contributed by atoms with E-state index in [2.05, 4.69) is 4.90 Å². The van der Waals surface area contributed by atoms with Crippen LogP contribution < -0.4 is 0 Å². The second kappa shape index (κ2) is 6.12. The summed E-state index contributed by atoms with van der Waals surface area (Å²) in [5.41, 5.74) is 0.806. The molecule has 1 aliphatic heterocycles. The fourth-order valence-corrected chi connectivity index (χ4v) is 2.60. The Labute approximate surface area is 116 Å². The van der Waals surface area contributed by atoms with Crippen molar-refractivity contribution in [3.8, 4) is 0 Å². The predicted molar refractivity (Wildman–Crippen MR) is 72.2 cm³/mol. The summed E-state index contributed by atoms with van der Waals surface area (Å²) in [6.07, 6.45) is 3.97. The van der Waals surface area contributed by atoms with E-state index in [1.165, 1.54) is 12.1 Å². The van der Waals surface area contributed by atoms with Crippen molar-refractivity contribution < 1.29 is 9.72 Å². The number of nitro benzene ring substituents is 1. The van der Waals surface area contributed by atoms with Crippen LogP contribution in [0.25, 0.3) is 0 Å². The molecule has 5 nitrogen and oxygen atoms in total. The van der Waals surface area contributed by atoms with Crippen molar-refractivity contribution in [1.82, 2.24) is 4.90 Å². The van der Waals surface area contributed by atoms with Crippen molar-refractivity contribution in [1.29, 1.82) is 0 Å². The maximum atomic E-state index is 11.0. The minimum atomic E-state index is -0.467. The van der Waals surface area contributed by atoms with E-state index in [1.54, 1.807) is 6.07 Å². The Morgan fingerprint density at radius 3 is 2.89 bits per heavy atom. The van der Waals surface area contributed by atoms with Gasteiger partial charge in [0.2, 0.25) is 0 Å². The van der Waals surface area contributed by atoms with Crippen molar-refractivity contribution >= 4 is 23.6 Å². The Balaban J connectivity index is 2.14. The van der Waals surface area contributed by atoms with Crippen molar-refractivity contribution in [3.05, 3.63) is 38.9 Å². The van der Waals surface area contributed by atoms with Crippen LogP contribution >= 0.6 is 11.6 Å². The lowest BCUT2D eigenvalue weighted by atomic mass is 10.0. The first-order valence-electron chi connectivity index (χ1n) is 6.24. The lowest BCUT2D eigenvalue weighted by Gasteiger charge is -2.32. The molecular formula is C13H15ClN2O3. The Morgan fingerprint density at radius 2 is 2.26 bits per heavy atom. The van der Waals surface area contributed by atoms with E-state index in [9.17, 15) is 14.9 Å². The number of piperidine rings is 1. The maximum absolute atomic E-state index is 11.0. The predicted octanol–water partition coefficient (Wildman–Crippen LogP) is 2.80. The third-order valence-electron chi connectivity index (χ3n) is 3.44. The molecule has 1 aliphatic rings. The van der Waals surface area contributed by atoms with E-state index in [0.29, 0.717) is 11.6 Å². The monoisotopic (exact) mass is 282 g/mol. The number of nitrogens with zero attached hydrogens (tertiary/aromatic N) is 2. The van der Waals surface area contributed by atoms with E-state index >= 15 is 0 Å². The molecule has 1 aromatic carbocycles. The highest BCUT2D eigenvalue weighted by molar-refractivity contribution is 6.31. The number of carbonyl (C=O) groups excluding carboxylic acids is 1. The number of rotatable bonds is 4. The van der Waals surface area contributed by atoms with E-state index in [4.69, 9.17) is 11.6 Å². The van der Waals surface area contributed by atoms with Crippen LogP contribution in [0.15, 0.2) is 18.2 Å². The highest BCUT2D eigenvalue weighted by Crippen LogP contribution is 2.26. The van der Waals surface area contributed by atoms with Gasteiger partial charge in [0.25, 0.3) is 5.69 Å². The number of carbonyl (C=O) groups is 1. The molecule has 0 amide bonds. The standard InChI is InChI=1S/C13H15ClN2O3/c14-13-7-11(16(18)19)5-4-10(13)8-15-6-2-1-3-12(15)9-17/h4-5,7,9,12H,1-3,6,8H2. The lowest BCUT2D eigenvalue weighted by Crippen LogP contribution is -2.39. The van der Waals surface area contributed by atoms with E-state index in [-0.39, 0.29) is 11.7 Å². The zero-order valence-electron chi connectivity index (χ0n) is 10.4. The molecule has 1 heterocycles. The minimum Gasteiger partial charge on any atom is -0.302 e. The molecule has 1 aromatic rings. The number of likely N-dealkylation sites (tertiary alicyclic amines) is 1. The van der Waals surface area contributed by atoms with Crippen LogP contribution in [-0.2, 0) is 11.3 Å². The highest BCUT2D eigenvalue weighted by atomic mass is 35.5. The largest absolute Gasteiger partial charge is 0.302 e. The number of benzene rings is 1. The molecule has 1 fully saturated rings. The third kappa shape index (κ3) is 3.30. The normalized spacial score (nSPS) is 20.2. The summed E-state index contributed by atoms with van der Waals surface area (Å²) in [5, 5.41) is 11.0. The maximum Gasteiger partial charge on any atom is 0.270 e. The summed E-state index contributed by atoms with van der Waals surface area (Å²) in [7, 11) is 0. The summed E-state index contributed by atoms with van der Waals surface area (Å²) in [4.78, 5) is 23.3. The SMILES string of the molecule is O=CC1CCCCN1Cc1ccc([N+](=O)[O-])cc1Cl. The zero-order chi connectivity index (χ0) is 13.8. The van der Waals surface area contributed by atoms with Crippen LogP contribution in [0.1, 0.15) is 24.8 Å². The fourth-order valence-electron chi connectivity index (χ4n) is 2.36. The lowest BCUT2D eigenvalue weighted by molar-refractivity contribution is -0.384. The Morgan fingerprint density at radius 1 is 1.47 bits per heavy atom. The van der Waals surface area contributed by atoms with Crippen LogP contribution in [0.2, 0.25) is 5.02 Å². The molecule has 2 rings (SSSR count). The summed E-state index contributed by atoms with van der Waals surface area (Å²) >= 11 is 6.06. The van der Waals surface area contributed by atoms with Crippen molar-refractivity contribution in [3.63, 3.8) is 0 Å². The average Bonchev–Trinajstić information content (AvgIpc) is 2.41. The van der Waals surface area contributed by atoms with Gasteiger partial charge in [0, 0.05) is 18.7 Å². The molecule has 1 unspecified atom stereocenters. The van der Waals surface area contributed by atoms with Gasteiger partial charge in [-0.2, -0.15) is 0 Å². The van der Waals surface area contributed by atoms with Gasteiger partial charge in [0.05, 0.1) is 16.0 Å². The van der Waals surface area contributed by atoms with Gasteiger partial charge >= 0.3 is 0 Å². The Kier molecular flexibility index (Phi) is 4.50. The molecule has 0 aliphatic carbocycles. The van der Waals surface area contributed by atoms with Gasteiger partial charge < -0.3 is 4.79 Å². The Hall–Kier alpha value is -1.46. The second-order valence-corrected chi connectivity index (χ2v) is 5.11. The van der Waals surface area contributed by atoms with Crippen molar-refractivity contribution in [2.24, 2.45) is 0 Å². The molecule has 0 saturated carbocycles. The van der Waals surface area contributed by atoms with Gasteiger partial charge in [0.1, 0.15) is 6.29 Å². The molecule has 0 N–H and O–H groups in total. The number of hydrogen-bond donors (Lipinski definition) is 0. The van der Waals surface area contributed by atoms with E-state index in [0.717, 1.165) is 37.7 Å². The van der Waals surface area contributed by atoms with Gasteiger partial charge in [-0.25, -0.2) is 0 Å². The van der Waals surface area contributed by atoms with E-state index < -0.39 is 4.92 Å². The minimum absolute atomic E-state index is 0.0145. The fraction of sp³-hybridized carbons (Fsp3) is 0.462. The van der Waals surface area contributed by atoms with Crippen LogP contribution in [0.4, 0.5) is 5.69 Å². The number of nitro groups is 1. The topological polar surface area (TPSA) is 63.5 Å². The summed E-state index contributed by atoms with van der Waals surface area (Å²) in [6.45, 7) is 1.41. The summed E-state index contributed by atoms with van der Waals surface area (Å²) in [6, 6.07) is 4.40. The van der Waals surface area contributed by atoms with Crippen LogP contribution in [0, 0.1) is 10.1 Å². The number of non-ortho nitro benzene ring substituents is 1. The smallest absolute Gasteiger partial charge is 0.270 e. The highest BCUT2D eigenvalue weighted by Gasteiger charge is 2.22. The number of hydrogen-bond acceptors (Lipinski definition) is 4. The number of halogens is 1. The molecule has 6 heteroatoms. The Bertz CT molecular complexity index is 493. The summed E-state index contributed by atoms with van der Waals surface area (Å²) in [5.74, 6) is 0. The van der Waals surface area contributed by atoms with Crippen LogP contribution in [-0.4, -0.2) is 28.7 Å². The molecule has 1 saturated heterocycles. The van der Waals surface area contributed by atoms with Crippen LogP contribution in [0.3, 0.4) is 0 Å². The van der Waals surface area contributed by atoms with Gasteiger partial charge in [-0.1, -0.05) is 18.0 Å². The van der Waals surface area contributed by atoms with E-state index in [1.807, 2.05) is 0 Å². The first-order valence-corrected chi connectivity index (χ1v) is 6.62. The number of aldehydes is 1. The molecule has 19 heavy (non-hydrogen) atoms.